The first-order chi connectivity index (χ1) is 17.6. The zero-order valence-corrected chi connectivity index (χ0v) is 23.8. The summed E-state index contributed by atoms with van der Waals surface area (Å²) < 4.78 is 17.8. The summed E-state index contributed by atoms with van der Waals surface area (Å²) in [4.78, 5) is 30.2. The Morgan fingerprint density at radius 1 is 1.08 bits per heavy atom. The third-order valence-corrected chi connectivity index (χ3v) is 11.9. The molecule has 202 valence electrons. The van der Waals surface area contributed by atoms with Gasteiger partial charge in [0.2, 0.25) is 0 Å². The van der Waals surface area contributed by atoms with Crippen LogP contribution in [0.3, 0.4) is 0 Å². The Bertz CT molecular complexity index is 1110. The molecule has 1 amide bonds. The smallest absolute Gasteiger partial charge is 0.408 e. The molecule has 7 nitrogen and oxygen atoms in total. The minimum absolute atomic E-state index is 0.0123. The van der Waals surface area contributed by atoms with Gasteiger partial charge in [-0.3, -0.25) is 0 Å². The summed E-state index contributed by atoms with van der Waals surface area (Å²) in [7, 11) is -0.285. The van der Waals surface area contributed by atoms with Crippen LogP contribution in [-0.4, -0.2) is 56.2 Å². The van der Waals surface area contributed by atoms with Gasteiger partial charge in [0.1, 0.15) is 6.10 Å². The number of aromatic amines is 1. The molecule has 4 fully saturated rings. The number of fused-ring (bicyclic) bond motifs is 1. The number of aromatic nitrogens is 1. The van der Waals surface area contributed by atoms with Crippen molar-refractivity contribution in [2.75, 3.05) is 13.7 Å². The average molecular weight is 527 g/mol. The van der Waals surface area contributed by atoms with E-state index >= 15 is 0 Å². The molecular formula is C29H42N2O5Si. The fraction of sp³-hybridized carbons (Fsp3) is 0.655. The van der Waals surface area contributed by atoms with Crippen molar-refractivity contribution >= 4 is 31.0 Å². The predicted octanol–water partition coefficient (Wildman–Crippen LogP) is 5.46. The lowest BCUT2D eigenvalue weighted by Crippen LogP contribution is -2.62. The van der Waals surface area contributed by atoms with Crippen LogP contribution in [0.4, 0.5) is 4.79 Å². The van der Waals surface area contributed by atoms with Crippen LogP contribution in [0.1, 0.15) is 44.6 Å². The number of alkyl carbamates (subject to hydrolysis) is 1. The van der Waals surface area contributed by atoms with Crippen molar-refractivity contribution in [2.24, 2.45) is 23.7 Å². The van der Waals surface area contributed by atoms with E-state index in [1.807, 2.05) is 37.4 Å². The highest BCUT2D eigenvalue weighted by atomic mass is 28.3. The Hall–Kier alpha value is -2.32. The molecule has 6 rings (SSSR count). The van der Waals surface area contributed by atoms with Crippen molar-refractivity contribution < 1.29 is 23.8 Å². The molecule has 8 heteroatoms. The zero-order valence-electron chi connectivity index (χ0n) is 22.8. The molecule has 0 saturated heterocycles. The number of amides is 1. The van der Waals surface area contributed by atoms with E-state index in [-0.39, 0.29) is 24.9 Å². The van der Waals surface area contributed by atoms with Gasteiger partial charge in [0, 0.05) is 29.2 Å². The molecular weight excluding hydrogens is 484 g/mol. The van der Waals surface area contributed by atoms with Crippen molar-refractivity contribution in [1.29, 1.82) is 0 Å². The van der Waals surface area contributed by atoms with E-state index in [4.69, 9.17) is 14.2 Å². The summed E-state index contributed by atoms with van der Waals surface area (Å²) in [5.41, 5.74) is 0.474. The van der Waals surface area contributed by atoms with Crippen molar-refractivity contribution in [3.05, 3.63) is 36.0 Å². The molecule has 4 aliphatic carbocycles. The second-order valence-corrected chi connectivity index (χ2v) is 18.4. The summed E-state index contributed by atoms with van der Waals surface area (Å²) in [6, 6.07) is 7.95. The summed E-state index contributed by atoms with van der Waals surface area (Å²) in [5.74, 6) is 1.93. The van der Waals surface area contributed by atoms with E-state index in [9.17, 15) is 9.59 Å². The minimum atomic E-state index is -1.65. The van der Waals surface area contributed by atoms with Crippen LogP contribution < -0.4 is 5.32 Å². The Kier molecular flexibility index (Phi) is 7.17. The maximum absolute atomic E-state index is 13.5. The molecule has 1 aromatic carbocycles. The molecule has 2 atom stereocenters. The van der Waals surface area contributed by atoms with Gasteiger partial charge in [-0.15, -0.1) is 0 Å². The van der Waals surface area contributed by atoms with Crippen LogP contribution in [0.15, 0.2) is 30.5 Å². The normalized spacial score (nSPS) is 29.1. The van der Waals surface area contributed by atoms with E-state index in [1.165, 1.54) is 13.5 Å². The van der Waals surface area contributed by atoms with E-state index in [0.717, 1.165) is 54.0 Å². The highest BCUT2D eigenvalue weighted by Crippen LogP contribution is 2.54. The summed E-state index contributed by atoms with van der Waals surface area (Å²) in [6.45, 7) is 8.75. The lowest BCUT2D eigenvalue weighted by Gasteiger charge is -2.53. The van der Waals surface area contributed by atoms with Crippen molar-refractivity contribution in [2.45, 2.75) is 82.5 Å². The molecule has 2 aromatic rings. The zero-order chi connectivity index (χ0) is 26.4. The Labute approximate surface area is 221 Å². The third-order valence-electron chi connectivity index (χ3n) is 9.27. The fourth-order valence-corrected chi connectivity index (χ4v) is 7.63. The Morgan fingerprint density at radius 3 is 2.35 bits per heavy atom. The highest BCUT2D eigenvalue weighted by molar-refractivity contribution is 6.77. The van der Waals surface area contributed by atoms with Crippen molar-refractivity contribution in [3.63, 3.8) is 0 Å². The van der Waals surface area contributed by atoms with Gasteiger partial charge in [0.05, 0.1) is 21.8 Å². The molecule has 1 heterocycles. The standard InChI is InChI=1S/C29H42N2O5Si/c1-18(37(3,4)5)35-17-29(27(32)34-2,15-23-16-30-25-9-7-6-8-24(23)25)31-28(33)36-26-21-11-19-10-20(13-21)14-22(26)12-19/h6-9,16,18-22,26,30H,10-15,17H2,1-5H3,(H,31,33)/t18?,19?,20?,21?,22?,26?,29-/m0/s1. The SMILES string of the molecule is COC(=O)[C@@](COC(C)[Si](C)(C)C)(Cc1c[nH]c2ccccc12)NC(=O)OC1C2CC3CC(C2)CC1C3. The highest BCUT2D eigenvalue weighted by Gasteiger charge is 2.51. The lowest BCUT2D eigenvalue weighted by atomic mass is 9.55. The Morgan fingerprint density at radius 2 is 1.73 bits per heavy atom. The number of esters is 1. The number of ether oxygens (including phenoxy) is 3. The van der Waals surface area contributed by atoms with Gasteiger partial charge < -0.3 is 24.5 Å². The van der Waals surface area contributed by atoms with Gasteiger partial charge >= 0.3 is 12.1 Å². The van der Waals surface area contributed by atoms with E-state index in [1.54, 1.807) is 0 Å². The van der Waals surface area contributed by atoms with Crippen LogP contribution >= 0.6 is 0 Å². The number of H-pyrrole nitrogens is 1. The molecule has 37 heavy (non-hydrogen) atoms. The summed E-state index contributed by atoms with van der Waals surface area (Å²) in [6.07, 6.45) is 7.46. The van der Waals surface area contributed by atoms with Gasteiger partial charge in [0.15, 0.2) is 5.54 Å². The number of rotatable bonds is 9. The summed E-state index contributed by atoms with van der Waals surface area (Å²) in [5, 5.41) is 4.00. The first-order valence-corrected chi connectivity index (χ1v) is 17.4. The molecule has 0 spiro atoms. The van der Waals surface area contributed by atoms with Gasteiger partial charge in [-0.2, -0.15) is 0 Å². The molecule has 1 aromatic heterocycles. The molecule has 0 aliphatic heterocycles. The number of hydrogen-bond donors (Lipinski definition) is 2. The lowest BCUT2D eigenvalue weighted by molar-refractivity contribution is -0.152. The topological polar surface area (TPSA) is 89.7 Å². The molecule has 4 bridgehead atoms. The van der Waals surface area contributed by atoms with Crippen LogP contribution in [-0.2, 0) is 25.4 Å². The maximum atomic E-state index is 13.5. The Balaban J connectivity index is 1.40. The first kappa shape index (κ1) is 26.3. The molecule has 4 saturated carbocycles. The fourth-order valence-electron chi connectivity index (χ4n) is 7.05. The molecule has 1 unspecified atom stereocenters. The largest absolute Gasteiger partial charge is 0.467 e. The molecule has 4 aliphatic rings. The van der Waals surface area contributed by atoms with Crippen molar-refractivity contribution in [1.82, 2.24) is 10.3 Å². The summed E-state index contributed by atoms with van der Waals surface area (Å²) >= 11 is 0. The van der Waals surface area contributed by atoms with Crippen LogP contribution in [0.5, 0.6) is 0 Å². The van der Waals surface area contributed by atoms with E-state index in [2.05, 4.69) is 29.9 Å². The first-order valence-electron chi connectivity index (χ1n) is 13.8. The van der Waals surface area contributed by atoms with Gasteiger partial charge in [-0.25, -0.2) is 9.59 Å². The van der Waals surface area contributed by atoms with Gasteiger partial charge in [-0.1, -0.05) is 37.8 Å². The number of carbonyl (C=O) groups excluding carboxylic acids is 2. The quantitative estimate of drug-likeness (QED) is 0.335. The monoisotopic (exact) mass is 526 g/mol. The number of benzene rings is 1. The van der Waals surface area contributed by atoms with E-state index < -0.39 is 25.7 Å². The minimum Gasteiger partial charge on any atom is -0.467 e. The van der Waals surface area contributed by atoms with Crippen LogP contribution in [0.25, 0.3) is 10.9 Å². The number of para-hydroxylation sites is 1. The van der Waals surface area contributed by atoms with Crippen molar-refractivity contribution in [3.8, 4) is 0 Å². The number of carbonyl (C=O) groups is 2. The molecule has 0 radical (unpaired) electrons. The van der Waals surface area contributed by atoms with E-state index in [0.29, 0.717) is 11.8 Å². The van der Waals surface area contributed by atoms with Gasteiger partial charge in [0.25, 0.3) is 0 Å². The number of nitrogens with one attached hydrogen (secondary N) is 2. The second-order valence-electron chi connectivity index (χ2n) is 12.9. The van der Waals surface area contributed by atoms with Crippen LogP contribution in [0.2, 0.25) is 19.6 Å². The number of methoxy groups -OCH3 is 1. The average Bonchev–Trinajstić information content (AvgIpc) is 3.25. The van der Waals surface area contributed by atoms with Gasteiger partial charge in [-0.05, 0) is 74.3 Å². The third kappa shape index (κ3) is 5.32. The van der Waals surface area contributed by atoms with Crippen LogP contribution in [0, 0.1) is 23.7 Å². The number of hydrogen-bond acceptors (Lipinski definition) is 5. The second kappa shape index (κ2) is 10.1. The predicted molar refractivity (Wildman–Crippen MR) is 146 cm³/mol. The molecule has 2 N–H and O–H groups in total. The maximum Gasteiger partial charge on any atom is 0.408 e.